The van der Waals surface area contributed by atoms with Gasteiger partial charge in [-0.05, 0) is 0 Å². The molecule has 3 nitrogen and oxygen atoms in total. The van der Waals surface area contributed by atoms with Crippen molar-refractivity contribution in [3.05, 3.63) is 0 Å². The number of hydrogen-bond acceptors (Lipinski definition) is 3. The van der Waals surface area contributed by atoms with Gasteiger partial charge in [-0.2, -0.15) is 0 Å². The second-order valence-corrected chi connectivity index (χ2v) is 2.99. The fraction of sp³-hybridized carbons (Fsp3) is 0.833. The molecule has 0 aliphatic heterocycles. The van der Waals surface area contributed by atoms with Gasteiger partial charge in [0.1, 0.15) is 0 Å². The van der Waals surface area contributed by atoms with Crippen LogP contribution in [0, 0.1) is 5.41 Å². The highest BCUT2D eigenvalue weighted by Crippen LogP contribution is 2.15. The largest absolute Gasteiger partial charge is 0.362 e. The van der Waals surface area contributed by atoms with E-state index < -0.39 is 17.5 Å². The fourth-order valence-electron chi connectivity index (χ4n) is 0.387. The summed E-state index contributed by atoms with van der Waals surface area (Å²) in [5, 5.41) is 16.7. The van der Waals surface area contributed by atoms with Crippen LogP contribution in [0.2, 0.25) is 0 Å². The molecule has 0 aliphatic rings. The Morgan fingerprint density at radius 1 is 1.33 bits per heavy atom. The lowest BCUT2D eigenvalue weighted by Crippen LogP contribution is -2.31. The van der Waals surface area contributed by atoms with Gasteiger partial charge >= 0.3 is 0 Å². The van der Waals surface area contributed by atoms with E-state index in [0.717, 1.165) is 0 Å². The molecule has 0 atom stereocenters. The maximum atomic E-state index is 10.7. The molecular formula is C6H12O3. The molecule has 0 spiro atoms. The average Bonchev–Trinajstić information content (AvgIpc) is 1.62. The first-order valence-electron chi connectivity index (χ1n) is 2.76. The van der Waals surface area contributed by atoms with Crippen LogP contribution >= 0.6 is 0 Å². The maximum Gasteiger partial charge on any atom is 0.213 e. The number of hydrogen-bond donors (Lipinski definition) is 2. The number of ketones is 1. The third kappa shape index (κ3) is 2.58. The van der Waals surface area contributed by atoms with Gasteiger partial charge in [0.25, 0.3) is 0 Å². The van der Waals surface area contributed by atoms with Crippen molar-refractivity contribution in [2.75, 3.05) is 0 Å². The predicted octanol–water partition coefficient (Wildman–Crippen LogP) is -0.0877. The van der Waals surface area contributed by atoms with Crippen molar-refractivity contribution in [2.45, 2.75) is 27.1 Å². The predicted molar refractivity (Wildman–Crippen MR) is 32.7 cm³/mol. The standard InChI is InChI=1S/C6H12O3/c1-6(2,3)4(7)5(8)9/h5,8-9H,1-3H3. The first-order chi connectivity index (χ1) is 3.85. The first-order valence-corrected chi connectivity index (χ1v) is 2.76. The molecule has 0 unspecified atom stereocenters. The number of carbonyl (C=O) groups is 1. The summed E-state index contributed by atoms with van der Waals surface area (Å²) < 4.78 is 0. The zero-order valence-electron chi connectivity index (χ0n) is 5.88. The summed E-state index contributed by atoms with van der Waals surface area (Å²) in [6, 6.07) is 0. The van der Waals surface area contributed by atoms with E-state index in [1.54, 1.807) is 20.8 Å². The molecule has 0 saturated heterocycles. The first kappa shape index (κ1) is 8.59. The Kier molecular flexibility index (Phi) is 2.34. The van der Waals surface area contributed by atoms with Gasteiger partial charge in [0.15, 0.2) is 5.78 Å². The molecule has 9 heavy (non-hydrogen) atoms. The summed E-state index contributed by atoms with van der Waals surface area (Å²) in [5.41, 5.74) is -0.659. The van der Waals surface area contributed by atoms with E-state index in [-0.39, 0.29) is 0 Å². The third-order valence-corrected chi connectivity index (χ3v) is 0.974. The molecule has 0 saturated carbocycles. The number of carbonyl (C=O) groups excluding carboxylic acids is 1. The van der Waals surface area contributed by atoms with Gasteiger partial charge < -0.3 is 10.2 Å². The molecule has 0 bridgehead atoms. The van der Waals surface area contributed by atoms with Crippen LogP contribution < -0.4 is 0 Å². The van der Waals surface area contributed by atoms with Crippen LogP contribution in [-0.2, 0) is 4.79 Å². The molecule has 0 fully saturated rings. The lowest BCUT2D eigenvalue weighted by molar-refractivity contribution is -0.153. The molecule has 0 aromatic rings. The molecule has 0 aliphatic carbocycles. The third-order valence-electron chi connectivity index (χ3n) is 0.974. The molecule has 0 heterocycles. The van der Waals surface area contributed by atoms with Crippen LogP contribution in [0.3, 0.4) is 0 Å². The molecule has 2 N–H and O–H groups in total. The van der Waals surface area contributed by atoms with Crippen LogP contribution in [0.5, 0.6) is 0 Å². The van der Waals surface area contributed by atoms with Crippen molar-refractivity contribution >= 4 is 5.78 Å². The topological polar surface area (TPSA) is 57.5 Å². The van der Waals surface area contributed by atoms with Crippen LogP contribution in [0.1, 0.15) is 20.8 Å². The molecule has 3 heteroatoms. The Balaban J connectivity index is 4.06. The quantitative estimate of drug-likeness (QED) is 0.490. The van der Waals surface area contributed by atoms with Crippen molar-refractivity contribution in [2.24, 2.45) is 5.41 Å². The lowest BCUT2D eigenvalue weighted by Gasteiger charge is -2.16. The minimum Gasteiger partial charge on any atom is -0.362 e. The highest BCUT2D eigenvalue weighted by Gasteiger charge is 2.26. The molecule has 54 valence electrons. The zero-order valence-corrected chi connectivity index (χ0v) is 5.88. The van der Waals surface area contributed by atoms with Crippen molar-refractivity contribution in [1.29, 1.82) is 0 Å². The van der Waals surface area contributed by atoms with Crippen molar-refractivity contribution in [1.82, 2.24) is 0 Å². The minimum atomic E-state index is -1.83. The van der Waals surface area contributed by atoms with E-state index in [1.807, 2.05) is 0 Å². The van der Waals surface area contributed by atoms with Crippen molar-refractivity contribution < 1.29 is 15.0 Å². The molecule has 0 radical (unpaired) electrons. The Morgan fingerprint density at radius 3 is 1.67 bits per heavy atom. The van der Waals surface area contributed by atoms with Crippen molar-refractivity contribution in [3.63, 3.8) is 0 Å². The van der Waals surface area contributed by atoms with Gasteiger partial charge in [-0.15, -0.1) is 0 Å². The van der Waals surface area contributed by atoms with Gasteiger partial charge in [0.2, 0.25) is 6.29 Å². The molecule has 0 aromatic heterocycles. The summed E-state index contributed by atoms with van der Waals surface area (Å²) in [4.78, 5) is 10.7. The highest BCUT2D eigenvalue weighted by atomic mass is 16.5. The van der Waals surface area contributed by atoms with Gasteiger partial charge in [-0.25, -0.2) is 0 Å². The lowest BCUT2D eigenvalue weighted by atomic mass is 9.91. The van der Waals surface area contributed by atoms with E-state index in [0.29, 0.717) is 0 Å². The van der Waals surface area contributed by atoms with Gasteiger partial charge in [0.05, 0.1) is 0 Å². The van der Waals surface area contributed by atoms with Crippen LogP contribution in [0.15, 0.2) is 0 Å². The van der Waals surface area contributed by atoms with Crippen LogP contribution in [0.4, 0.5) is 0 Å². The van der Waals surface area contributed by atoms with Crippen LogP contribution in [-0.4, -0.2) is 22.3 Å². The van der Waals surface area contributed by atoms with E-state index >= 15 is 0 Å². The van der Waals surface area contributed by atoms with Crippen LogP contribution in [0.25, 0.3) is 0 Å². The Morgan fingerprint density at radius 2 is 1.67 bits per heavy atom. The highest BCUT2D eigenvalue weighted by molar-refractivity contribution is 5.86. The van der Waals surface area contributed by atoms with Gasteiger partial charge in [-0.1, -0.05) is 20.8 Å². The summed E-state index contributed by atoms with van der Waals surface area (Å²) in [6.07, 6.45) is -1.83. The monoisotopic (exact) mass is 132 g/mol. The van der Waals surface area contributed by atoms with E-state index in [2.05, 4.69) is 0 Å². The van der Waals surface area contributed by atoms with Gasteiger partial charge in [-0.3, -0.25) is 4.79 Å². The number of Topliss-reactive ketones (excluding diaryl/α,β-unsaturated/α-hetero) is 1. The molecular weight excluding hydrogens is 120 g/mol. The normalized spacial score (nSPS) is 12.2. The summed E-state index contributed by atoms with van der Waals surface area (Å²) >= 11 is 0. The molecule has 0 aromatic carbocycles. The second kappa shape index (κ2) is 2.45. The fourth-order valence-corrected chi connectivity index (χ4v) is 0.387. The maximum absolute atomic E-state index is 10.7. The summed E-state index contributed by atoms with van der Waals surface area (Å²) in [6.45, 7) is 4.90. The van der Waals surface area contributed by atoms with Crippen molar-refractivity contribution in [3.8, 4) is 0 Å². The smallest absolute Gasteiger partial charge is 0.213 e. The minimum absolute atomic E-state index is 0.553. The summed E-state index contributed by atoms with van der Waals surface area (Å²) in [5.74, 6) is -0.553. The Bertz CT molecular complexity index is 110. The Labute approximate surface area is 54.3 Å². The summed E-state index contributed by atoms with van der Waals surface area (Å²) in [7, 11) is 0. The second-order valence-electron chi connectivity index (χ2n) is 2.99. The molecule has 0 amide bonds. The molecule has 0 rings (SSSR count). The number of rotatable bonds is 1. The average molecular weight is 132 g/mol. The number of aliphatic hydroxyl groups is 2. The van der Waals surface area contributed by atoms with Gasteiger partial charge in [0, 0.05) is 5.41 Å². The number of aliphatic hydroxyl groups excluding tert-OH is 1. The Hall–Kier alpha value is -0.410. The van der Waals surface area contributed by atoms with E-state index in [9.17, 15) is 4.79 Å². The zero-order chi connectivity index (χ0) is 7.65. The SMILES string of the molecule is CC(C)(C)C(=O)C(O)O. The van der Waals surface area contributed by atoms with E-state index in [1.165, 1.54) is 0 Å². The van der Waals surface area contributed by atoms with E-state index in [4.69, 9.17) is 10.2 Å².